The zero-order valence-electron chi connectivity index (χ0n) is 26.6. The number of fused-ring (bicyclic) bond motifs is 6. The molecule has 47 heavy (non-hydrogen) atoms. The molecule has 6 aliphatic rings. The van der Waals surface area contributed by atoms with E-state index in [-0.39, 0.29) is 67.1 Å². The summed E-state index contributed by atoms with van der Waals surface area (Å²) in [4.78, 5) is 16.7. The second-order valence-electron chi connectivity index (χ2n) is 13.8. The van der Waals surface area contributed by atoms with E-state index in [1.54, 1.807) is 18.2 Å². The predicted molar refractivity (Wildman–Crippen MR) is 172 cm³/mol. The van der Waals surface area contributed by atoms with Gasteiger partial charge in [-0.05, 0) is 62.1 Å². The number of benzene rings is 1. The molecule has 2 N–H and O–H groups in total. The number of hydrogen-bond donors (Lipinski definition) is 1. The van der Waals surface area contributed by atoms with Crippen LogP contribution in [0.5, 0.6) is 6.01 Å². The summed E-state index contributed by atoms with van der Waals surface area (Å²) in [6.45, 7) is 7.57. The Bertz CT molecular complexity index is 1790. The maximum absolute atomic E-state index is 17.3. The van der Waals surface area contributed by atoms with Crippen molar-refractivity contribution in [3.8, 4) is 12.1 Å². The maximum atomic E-state index is 17.3. The highest BCUT2D eigenvalue weighted by Gasteiger charge is 2.49. The summed E-state index contributed by atoms with van der Waals surface area (Å²) in [7, 11) is 2.13. The Hall–Kier alpha value is -4.05. The van der Waals surface area contributed by atoms with E-state index >= 15 is 4.39 Å². The Morgan fingerprint density at radius 1 is 1.19 bits per heavy atom. The van der Waals surface area contributed by atoms with Crippen molar-refractivity contribution in [2.45, 2.75) is 75.5 Å². The van der Waals surface area contributed by atoms with E-state index in [0.29, 0.717) is 40.9 Å². The molecule has 0 saturated carbocycles. The lowest BCUT2D eigenvalue weighted by molar-refractivity contribution is 0.107. The van der Waals surface area contributed by atoms with Gasteiger partial charge in [0.15, 0.2) is 5.82 Å². The van der Waals surface area contributed by atoms with Crippen LogP contribution in [0.15, 0.2) is 42.0 Å². The molecule has 2 unspecified atom stereocenters. The highest BCUT2D eigenvalue weighted by molar-refractivity contribution is 5.98. The maximum Gasteiger partial charge on any atom is 0.319 e. The van der Waals surface area contributed by atoms with Gasteiger partial charge in [-0.1, -0.05) is 18.7 Å². The molecule has 1 aromatic carbocycles. The number of anilines is 1. The third kappa shape index (κ3) is 5.07. The molecular formula is C35H39F2N7O3. The largest absolute Gasteiger partial charge is 0.461 e. The number of nitrogens with zero attached hydrogens (tertiary/aromatic N) is 6. The first-order valence-corrected chi connectivity index (χ1v) is 16.5. The summed E-state index contributed by atoms with van der Waals surface area (Å²) < 4.78 is 49.8. The molecule has 4 saturated heterocycles. The van der Waals surface area contributed by atoms with Gasteiger partial charge in [0.05, 0.1) is 29.7 Å². The fraction of sp³-hybridized carbons (Fsp3) is 0.514. The summed E-state index contributed by atoms with van der Waals surface area (Å²) in [6, 6.07) is 2.65. The number of ether oxygens (including phenoxy) is 3. The summed E-state index contributed by atoms with van der Waals surface area (Å²) in [5, 5.41) is 10.6. The van der Waals surface area contributed by atoms with Crippen LogP contribution in [0.4, 0.5) is 14.6 Å². The van der Waals surface area contributed by atoms with Gasteiger partial charge in [0, 0.05) is 50.1 Å². The predicted octanol–water partition coefficient (Wildman–Crippen LogP) is 4.60. The van der Waals surface area contributed by atoms with E-state index in [0.717, 1.165) is 50.9 Å². The normalized spacial score (nSPS) is 32.6. The summed E-state index contributed by atoms with van der Waals surface area (Å²) in [5.74, 6) is 0.336. The summed E-state index contributed by atoms with van der Waals surface area (Å²) in [5.41, 5.74) is 8.46. The van der Waals surface area contributed by atoms with Crippen LogP contribution in [-0.4, -0.2) is 83.4 Å². The lowest BCUT2D eigenvalue weighted by Gasteiger charge is -2.41. The minimum atomic E-state index is -0.894. The quantitative estimate of drug-likeness (QED) is 0.496. The number of alkyl halides is 1. The van der Waals surface area contributed by atoms with Gasteiger partial charge in [-0.25, -0.2) is 8.78 Å². The molecular weight excluding hydrogens is 604 g/mol. The minimum absolute atomic E-state index is 0.0431. The van der Waals surface area contributed by atoms with Gasteiger partial charge < -0.3 is 29.7 Å². The van der Waals surface area contributed by atoms with Crippen LogP contribution in [0.1, 0.15) is 55.2 Å². The van der Waals surface area contributed by atoms with Crippen LogP contribution in [0.25, 0.3) is 16.5 Å². The zero-order chi connectivity index (χ0) is 32.4. The third-order valence-electron chi connectivity index (χ3n) is 10.8. The van der Waals surface area contributed by atoms with Crippen molar-refractivity contribution < 1.29 is 23.0 Å². The number of rotatable bonds is 5. The van der Waals surface area contributed by atoms with E-state index in [2.05, 4.69) is 34.4 Å². The fourth-order valence-electron chi connectivity index (χ4n) is 8.80. The molecule has 12 heteroatoms. The number of allylic oxidation sites excluding steroid dienone is 5. The Kier molecular flexibility index (Phi) is 7.46. The smallest absolute Gasteiger partial charge is 0.319 e. The van der Waals surface area contributed by atoms with Crippen LogP contribution >= 0.6 is 0 Å². The van der Waals surface area contributed by atoms with Crippen LogP contribution in [-0.2, 0) is 22.7 Å². The van der Waals surface area contributed by atoms with E-state index < -0.39 is 17.5 Å². The number of hydrogen-bond acceptors (Lipinski definition) is 10. The molecule has 4 fully saturated rings. The summed E-state index contributed by atoms with van der Waals surface area (Å²) in [6.07, 6.45) is 8.52. The Morgan fingerprint density at radius 3 is 2.77 bits per heavy atom. The average Bonchev–Trinajstić information content (AvgIpc) is 3.80. The molecule has 0 amide bonds. The first kappa shape index (κ1) is 30.3. The van der Waals surface area contributed by atoms with Gasteiger partial charge in [0.2, 0.25) is 5.88 Å². The molecule has 1 aromatic heterocycles. The zero-order valence-corrected chi connectivity index (χ0v) is 26.6. The molecule has 2 aromatic rings. The number of aromatic nitrogens is 2. The number of likely N-dealkylation sites (N-methyl/N-ethyl adjacent to an activating group) is 1. The molecule has 0 radical (unpaired) electrons. The van der Waals surface area contributed by atoms with Crippen molar-refractivity contribution in [2.75, 3.05) is 44.7 Å². The number of nitrogens with two attached hydrogens (primary N) is 1. The van der Waals surface area contributed by atoms with Crippen molar-refractivity contribution in [3.63, 3.8) is 0 Å². The standard InChI is InChI=1S/C35H39F2N7O3/c1-20-5-3-6-21(11-22(13-38)32(39)47-20)28-26-17-45-18-27(26)29-31(30(28)37)40-34(46-19-35-9-4-10-43(35)14-23(36)12-35)41-33(29)44-24-7-8-25(44)16-42(2)15-24/h3,5-6,23-25H,1,4,7-12,14-19,39H2,2H3/b5-3-,21-6+,32-22+/t23-,24?,25?,35+/m1/s1. The van der Waals surface area contributed by atoms with E-state index in [1.807, 2.05) is 0 Å². The summed E-state index contributed by atoms with van der Waals surface area (Å²) >= 11 is 0. The molecule has 246 valence electrons. The topological polar surface area (TPSA) is 113 Å². The highest BCUT2D eigenvalue weighted by Crippen LogP contribution is 2.46. The van der Waals surface area contributed by atoms with Crippen LogP contribution in [0.3, 0.4) is 0 Å². The Labute approximate surface area is 272 Å². The van der Waals surface area contributed by atoms with E-state index in [4.69, 9.17) is 29.9 Å². The SMILES string of the molecule is C=C1/C=C\C=C(\c2c3c(c4c(N5C6CCC5CN(C)C6)nc(OC[C@@]56CCCN5C[C@H](F)C6)nc4c2F)COC3)C/C(C#N)=C(/N)O1. The van der Waals surface area contributed by atoms with Gasteiger partial charge >= 0.3 is 6.01 Å². The fourth-order valence-corrected chi connectivity index (χ4v) is 8.80. The first-order chi connectivity index (χ1) is 22.7. The molecule has 0 spiro atoms. The van der Waals surface area contributed by atoms with Crippen molar-refractivity contribution in [1.29, 1.82) is 5.26 Å². The second kappa shape index (κ2) is 11.6. The van der Waals surface area contributed by atoms with Gasteiger partial charge in [-0.2, -0.15) is 15.2 Å². The molecule has 4 atom stereocenters. The molecule has 0 aliphatic carbocycles. The molecule has 10 nitrogen and oxygen atoms in total. The van der Waals surface area contributed by atoms with Crippen molar-refractivity contribution in [1.82, 2.24) is 19.8 Å². The van der Waals surface area contributed by atoms with Gasteiger partial charge in [-0.15, -0.1) is 0 Å². The molecule has 8 rings (SSSR count). The third-order valence-corrected chi connectivity index (χ3v) is 10.8. The van der Waals surface area contributed by atoms with Crippen molar-refractivity contribution in [3.05, 3.63) is 64.5 Å². The van der Waals surface area contributed by atoms with Gasteiger partial charge in [0.25, 0.3) is 0 Å². The van der Waals surface area contributed by atoms with Crippen molar-refractivity contribution >= 4 is 22.3 Å². The van der Waals surface area contributed by atoms with Crippen LogP contribution in [0.2, 0.25) is 0 Å². The Morgan fingerprint density at radius 2 is 1.98 bits per heavy atom. The van der Waals surface area contributed by atoms with Crippen LogP contribution < -0.4 is 15.4 Å². The molecule has 6 aliphatic heterocycles. The van der Waals surface area contributed by atoms with Crippen LogP contribution in [0, 0.1) is 17.1 Å². The second-order valence-corrected chi connectivity index (χ2v) is 13.8. The van der Waals surface area contributed by atoms with E-state index in [1.165, 1.54) is 0 Å². The minimum Gasteiger partial charge on any atom is -0.461 e. The first-order valence-electron chi connectivity index (χ1n) is 16.5. The lowest BCUT2D eigenvalue weighted by atomic mass is 9.89. The highest BCUT2D eigenvalue weighted by atomic mass is 19.1. The monoisotopic (exact) mass is 643 g/mol. The lowest BCUT2D eigenvalue weighted by Crippen LogP contribution is -2.53. The number of likely N-dealkylation sites (tertiary alicyclic amines) is 1. The number of piperazine rings is 1. The van der Waals surface area contributed by atoms with Gasteiger partial charge in [-0.3, -0.25) is 4.90 Å². The number of nitriles is 1. The molecule has 2 bridgehead atoms. The van der Waals surface area contributed by atoms with Gasteiger partial charge in [0.1, 0.15) is 35.9 Å². The number of halogens is 2. The Balaban J connectivity index is 1.30. The van der Waals surface area contributed by atoms with E-state index in [9.17, 15) is 9.65 Å². The average molecular weight is 644 g/mol. The molecule has 7 heterocycles. The van der Waals surface area contributed by atoms with Crippen molar-refractivity contribution in [2.24, 2.45) is 5.73 Å².